The molecule has 0 aliphatic rings. The van der Waals surface area contributed by atoms with Crippen LogP contribution in [0.25, 0.3) is 0 Å². The monoisotopic (exact) mass is 437 g/mol. The van der Waals surface area contributed by atoms with Gasteiger partial charge in [-0.05, 0) is 25.0 Å². The first kappa shape index (κ1) is 24.5. The molecule has 1 amide bonds. The molecule has 2 unspecified atom stereocenters. The Kier molecular flexibility index (Phi) is 9.84. The van der Waals surface area contributed by atoms with E-state index >= 15 is 0 Å². The first-order valence-corrected chi connectivity index (χ1v) is 10.2. The quantitative estimate of drug-likeness (QED) is 0.329. The maximum atomic E-state index is 12.5. The second kappa shape index (κ2) is 12.8. The van der Waals surface area contributed by atoms with Gasteiger partial charge in [0.2, 0.25) is 0 Å². The predicted octanol–water partition coefficient (Wildman–Crippen LogP) is 3.36. The molecule has 0 fully saturated rings. The molecular weight excluding hydrogens is 410 g/mol. The summed E-state index contributed by atoms with van der Waals surface area (Å²) in [5.41, 5.74) is 0.954. The first-order chi connectivity index (χ1) is 15.5. The number of ether oxygens (including phenoxy) is 2. The summed E-state index contributed by atoms with van der Waals surface area (Å²) in [7, 11) is 2.52. The molecule has 2 atom stereocenters. The molecular formula is C25H27NO6. The molecule has 1 N–H and O–H groups in total. The molecule has 0 aliphatic carbocycles. The Morgan fingerprint density at radius 3 is 1.88 bits per heavy atom. The van der Waals surface area contributed by atoms with Gasteiger partial charge in [0.05, 0.1) is 20.1 Å². The van der Waals surface area contributed by atoms with Crippen LogP contribution in [-0.4, -0.2) is 43.9 Å². The highest BCUT2D eigenvalue weighted by Crippen LogP contribution is 2.16. The summed E-state index contributed by atoms with van der Waals surface area (Å²) in [6.45, 7) is 0. The Hall–Kier alpha value is -3.74. The Balaban J connectivity index is 1.99. The number of rotatable bonds is 11. The Morgan fingerprint density at radius 1 is 0.781 bits per heavy atom. The minimum Gasteiger partial charge on any atom is -0.469 e. The molecule has 0 spiro atoms. The fourth-order valence-corrected chi connectivity index (χ4v) is 3.08. The van der Waals surface area contributed by atoms with Crippen LogP contribution >= 0.6 is 0 Å². The summed E-state index contributed by atoms with van der Waals surface area (Å²) >= 11 is 0. The third-order valence-electron chi connectivity index (χ3n) is 4.85. The average molecular weight is 437 g/mol. The van der Waals surface area contributed by atoms with Gasteiger partial charge < -0.3 is 14.8 Å². The fraction of sp³-hybridized carbons (Fsp3) is 0.280. The minimum atomic E-state index is -0.883. The molecule has 2 aromatic carbocycles. The molecule has 0 saturated heterocycles. The number of carbonyl (C=O) groups is 4. The molecule has 0 aromatic heterocycles. The van der Waals surface area contributed by atoms with E-state index in [1.807, 2.05) is 6.07 Å². The summed E-state index contributed by atoms with van der Waals surface area (Å²) in [6, 6.07) is 16.4. The van der Waals surface area contributed by atoms with Crippen LogP contribution in [0.5, 0.6) is 0 Å². The van der Waals surface area contributed by atoms with E-state index in [0.29, 0.717) is 11.1 Å². The van der Waals surface area contributed by atoms with Gasteiger partial charge in [-0.3, -0.25) is 14.4 Å². The molecule has 2 rings (SSSR count). The SMILES string of the molecule is COC(=O)C(CC=CCC(NC(=O)c1ccccc1)C(=O)OC)CC(=O)c1ccccc1. The lowest BCUT2D eigenvalue weighted by molar-refractivity contribution is -0.145. The topological polar surface area (TPSA) is 98.8 Å². The Morgan fingerprint density at radius 2 is 1.31 bits per heavy atom. The van der Waals surface area contributed by atoms with Crippen molar-refractivity contribution in [2.24, 2.45) is 5.92 Å². The number of Topliss-reactive ketones (excluding diaryl/α,β-unsaturated/α-hetero) is 1. The second-order valence-electron chi connectivity index (χ2n) is 7.07. The summed E-state index contributed by atoms with van der Waals surface area (Å²) in [5.74, 6) is -2.27. The number of esters is 2. The maximum absolute atomic E-state index is 12.5. The summed E-state index contributed by atoms with van der Waals surface area (Å²) in [4.78, 5) is 49.0. The number of carbonyl (C=O) groups excluding carboxylic acids is 4. The van der Waals surface area contributed by atoms with Crippen molar-refractivity contribution in [1.82, 2.24) is 5.32 Å². The molecule has 168 valence electrons. The lowest BCUT2D eigenvalue weighted by Crippen LogP contribution is -2.41. The van der Waals surface area contributed by atoms with Crippen LogP contribution in [0.15, 0.2) is 72.8 Å². The maximum Gasteiger partial charge on any atom is 0.328 e. The number of amides is 1. The Bertz CT molecular complexity index is 862. The summed E-state index contributed by atoms with van der Waals surface area (Å²) < 4.78 is 9.61. The van der Waals surface area contributed by atoms with Crippen LogP contribution in [0, 0.1) is 5.92 Å². The zero-order chi connectivity index (χ0) is 23.3. The molecule has 0 saturated carbocycles. The summed E-state index contributed by atoms with van der Waals surface area (Å²) in [6.07, 6.45) is 3.81. The smallest absolute Gasteiger partial charge is 0.328 e. The predicted molar refractivity (Wildman–Crippen MR) is 119 cm³/mol. The third kappa shape index (κ3) is 7.50. The largest absolute Gasteiger partial charge is 0.469 e. The number of methoxy groups -OCH3 is 2. The van der Waals surface area contributed by atoms with Gasteiger partial charge in [0, 0.05) is 17.5 Å². The van der Waals surface area contributed by atoms with E-state index in [1.54, 1.807) is 66.7 Å². The van der Waals surface area contributed by atoms with Crippen LogP contribution in [0.2, 0.25) is 0 Å². The van der Waals surface area contributed by atoms with E-state index in [1.165, 1.54) is 14.2 Å². The van der Waals surface area contributed by atoms with E-state index in [9.17, 15) is 19.2 Å². The number of benzene rings is 2. The lowest BCUT2D eigenvalue weighted by Gasteiger charge is -2.15. The first-order valence-electron chi connectivity index (χ1n) is 10.2. The zero-order valence-corrected chi connectivity index (χ0v) is 18.2. The molecule has 32 heavy (non-hydrogen) atoms. The highest BCUT2D eigenvalue weighted by molar-refractivity contribution is 5.98. The molecule has 0 bridgehead atoms. The van der Waals surface area contributed by atoms with Crippen LogP contribution < -0.4 is 5.32 Å². The van der Waals surface area contributed by atoms with Crippen LogP contribution in [-0.2, 0) is 19.1 Å². The van der Waals surface area contributed by atoms with Crippen molar-refractivity contribution in [2.75, 3.05) is 14.2 Å². The van der Waals surface area contributed by atoms with Gasteiger partial charge >= 0.3 is 11.9 Å². The molecule has 7 nitrogen and oxygen atoms in total. The second-order valence-corrected chi connectivity index (χ2v) is 7.07. The molecule has 0 heterocycles. The van der Waals surface area contributed by atoms with Gasteiger partial charge in [-0.25, -0.2) is 4.79 Å². The van der Waals surface area contributed by atoms with Crippen molar-refractivity contribution < 1.29 is 28.7 Å². The molecule has 0 radical (unpaired) electrons. The van der Waals surface area contributed by atoms with Gasteiger partial charge in [0.25, 0.3) is 5.91 Å². The average Bonchev–Trinajstić information content (AvgIpc) is 2.84. The molecule has 2 aromatic rings. The van der Waals surface area contributed by atoms with E-state index in [2.05, 4.69) is 5.32 Å². The van der Waals surface area contributed by atoms with Crippen LogP contribution in [0.3, 0.4) is 0 Å². The number of ketones is 1. The normalized spacial score (nSPS) is 12.6. The van der Waals surface area contributed by atoms with Gasteiger partial charge in [-0.15, -0.1) is 0 Å². The van der Waals surface area contributed by atoms with Crippen molar-refractivity contribution >= 4 is 23.6 Å². The van der Waals surface area contributed by atoms with E-state index in [0.717, 1.165) is 0 Å². The van der Waals surface area contributed by atoms with E-state index in [4.69, 9.17) is 9.47 Å². The third-order valence-corrected chi connectivity index (χ3v) is 4.85. The lowest BCUT2D eigenvalue weighted by atomic mass is 9.95. The van der Waals surface area contributed by atoms with Gasteiger partial charge in [-0.1, -0.05) is 60.7 Å². The number of hydrogen-bond acceptors (Lipinski definition) is 6. The van der Waals surface area contributed by atoms with Crippen LogP contribution in [0.1, 0.15) is 40.0 Å². The van der Waals surface area contributed by atoms with Crippen molar-refractivity contribution in [3.63, 3.8) is 0 Å². The van der Waals surface area contributed by atoms with Crippen LogP contribution in [0.4, 0.5) is 0 Å². The van der Waals surface area contributed by atoms with Gasteiger partial charge in [0.1, 0.15) is 6.04 Å². The zero-order valence-electron chi connectivity index (χ0n) is 18.2. The van der Waals surface area contributed by atoms with Gasteiger partial charge in [-0.2, -0.15) is 0 Å². The summed E-state index contributed by atoms with van der Waals surface area (Å²) in [5, 5.41) is 2.65. The minimum absolute atomic E-state index is 0.00615. The highest BCUT2D eigenvalue weighted by Gasteiger charge is 2.23. The fourth-order valence-electron chi connectivity index (χ4n) is 3.08. The number of allylic oxidation sites excluding steroid dienone is 1. The van der Waals surface area contributed by atoms with Crippen molar-refractivity contribution in [2.45, 2.75) is 25.3 Å². The van der Waals surface area contributed by atoms with Crippen molar-refractivity contribution in [3.8, 4) is 0 Å². The standard InChI is InChI=1S/C25H27NO6/c1-31-24(29)20(17-22(27)18-11-5-3-6-12-18)15-9-10-16-21(25(30)32-2)26-23(28)19-13-7-4-8-14-19/h3-14,20-21H,15-17H2,1-2H3,(H,26,28). The highest BCUT2D eigenvalue weighted by atomic mass is 16.5. The number of hydrogen-bond donors (Lipinski definition) is 1. The van der Waals surface area contributed by atoms with E-state index in [-0.39, 0.29) is 25.0 Å². The van der Waals surface area contributed by atoms with E-state index < -0.39 is 29.8 Å². The number of nitrogens with one attached hydrogen (secondary N) is 1. The Labute approximate surface area is 187 Å². The molecule has 0 aliphatic heterocycles. The van der Waals surface area contributed by atoms with Crippen molar-refractivity contribution in [1.29, 1.82) is 0 Å². The van der Waals surface area contributed by atoms with Gasteiger partial charge in [0.15, 0.2) is 5.78 Å². The molecule has 7 heteroatoms. The van der Waals surface area contributed by atoms with Crippen molar-refractivity contribution in [3.05, 3.63) is 83.9 Å².